The van der Waals surface area contributed by atoms with E-state index in [4.69, 9.17) is 9.05 Å². The highest BCUT2D eigenvalue weighted by Gasteiger charge is 2.54. The molecule has 1 atom stereocenters. The maximum Gasteiger partial charge on any atom is 0.370 e. The predicted molar refractivity (Wildman–Crippen MR) is 138 cm³/mol. The molecule has 1 fully saturated rings. The monoisotopic (exact) mass is 519 g/mol. The van der Waals surface area contributed by atoms with Crippen LogP contribution in [-0.2, 0) is 29.0 Å². The van der Waals surface area contributed by atoms with Crippen molar-refractivity contribution in [3.8, 4) is 0 Å². The normalized spacial score (nSPS) is 19.7. The van der Waals surface area contributed by atoms with Crippen molar-refractivity contribution in [2.24, 2.45) is 0 Å². The number of rotatable bonds is 9. The molecule has 1 aliphatic heterocycles. The summed E-state index contributed by atoms with van der Waals surface area (Å²) in [6.45, 7) is 9.04. The average molecular weight is 520 g/mol. The van der Waals surface area contributed by atoms with Gasteiger partial charge in [0.05, 0.1) is 18.1 Å². The van der Waals surface area contributed by atoms with E-state index in [9.17, 15) is 18.1 Å². The van der Waals surface area contributed by atoms with Crippen molar-refractivity contribution in [2.45, 2.75) is 44.9 Å². The molecule has 9 heteroatoms. The quantitative estimate of drug-likeness (QED) is 0.448. The first-order valence-electron chi connectivity index (χ1n) is 11.6. The number of aliphatic hydroxyl groups is 1. The van der Waals surface area contributed by atoms with Crippen LogP contribution < -0.4 is 0 Å². The number of hydrogen-bond acceptors (Lipinski definition) is 6. The number of hydrogen-bond donors (Lipinski definition) is 1. The second-order valence-corrected chi connectivity index (χ2v) is 12.5. The molecule has 2 aromatic carbocycles. The molecule has 35 heavy (non-hydrogen) atoms. The van der Waals surface area contributed by atoms with Gasteiger partial charge in [-0.15, -0.1) is 0 Å². The van der Waals surface area contributed by atoms with Crippen molar-refractivity contribution in [1.82, 2.24) is 4.31 Å². The Bertz CT molecular complexity index is 1240. The standard InChI is InChI=1S/C26H34NO6PS/c1-6-22-18-27(35(30,31)24-16-14-20(4)15-17-24)19-25(22)21(5)26(28,23-12-10-9-11-13-23)34(29,32-7-2)33-8-3/h6,9-17,28H,7-8,18-19H2,1-5H3/b22-6?,25-21-. The van der Waals surface area contributed by atoms with Crippen LogP contribution in [-0.4, -0.2) is 44.1 Å². The summed E-state index contributed by atoms with van der Waals surface area (Å²) in [6, 6.07) is 15.3. The first kappa shape index (κ1) is 27.5. The van der Waals surface area contributed by atoms with Gasteiger partial charge in [0.15, 0.2) is 0 Å². The van der Waals surface area contributed by atoms with Gasteiger partial charge in [0.25, 0.3) is 0 Å². The second kappa shape index (κ2) is 10.9. The number of nitrogens with zero attached hydrogens (tertiary/aromatic N) is 1. The first-order valence-corrected chi connectivity index (χ1v) is 14.6. The average Bonchev–Trinajstić information content (AvgIpc) is 3.29. The van der Waals surface area contributed by atoms with Crippen LogP contribution in [0.5, 0.6) is 0 Å². The maximum absolute atomic E-state index is 14.1. The van der Waals surface area contributed by atoms with E-state index >= 15 is 0 Å². The summed E-state index contributed by atoms with van der Waals surface area (Å²) >= 11 is 0. The van der Waals surface area contributed by atoms with Crippen LogP contribution in [0.3, 0.4) is 0 Å². The van der Waals surface area contributed by atoms with Gasteiger partial charge < -0.3 is 14.2 Å². The SMILES string of the molecule is CC=C1CN(S(=O)(=O)c2ccc(C)cc2)C/C1=C(\C)C(O)(c1ccccc1)P(=O)(OCC)OCC. The van der Waals surface area contributed by atoms with Crippen LogP contribution in [0.4, 0.5) is 0 Å². The minimum Gasteiger partial charge on any atom is -0.370 e. The zero-order chi connectivity index (χ0) is 25.9. The molecule has 1 aliphatic rings. The largest absolute Gasteiger partial charge is 0.370 e. The Hall–Kier alpha value is -2.06. The Kier molecular flexibility index (Phi) is 8.58. The van der Waals surface area contributed by atoms with Crippen LogP contribution >= 0.6 is 7.60 Å². The summed E-state index contributed by atoms with van der Waals surface area (Å²) in [5.74, 6) is 0. The Morgan fingerprint density at radius 2 is 1.63 bits per heavy atom. The highest BCUT2D eigenvalue weighted by atomic mass is 32.2. The summed E-state index contributed by atoms with van der Waals surface area (Å²) in [7, 11) is -7.92. The van der Waals surface area contributed by atoms with Crippen molar-refractivity contribution in [2.75, 3.05) is 26.3 Å². The van der Waals surface area contributed by atoms with Crippen molar-refractivity contribution in [3.63, 3.8) is 0 Å². The van der Waals surface area contributed by atoms with E-state index < -0.39 is 23.0 Å². The third-order valence-corrected chi connectivity index (χ3v) is 10.6. The van der Waals surface area contributed by atoms with E-state index in [0.29, 0.717) is 16.7 Å². The predicted octanol–water partition coefficient (Wildman–Crippen LogP) is 5.37. The van der Waals surface area contributed by atoms with Crippen molar-refractivity contribution in [1.29, 1.82) is 0 Å². The molecule has 0 spiro atoms. The summed E-state index contributed by atoms with van der Waals surface area (Å²) in [4.78, 5) is 0.199. The van der Waals surface area contributed by atoms with E-state index in [1.807, 2.05) is 19.9 Å². The molecule has 0 aliphatic carbocycles. The molecule has 0 saturated carbocycles. The highest BCUT2D eigenvalue weighted by Crippen LogP contribution is 2.67. The molecular formula is C26H34NO6PS. The second-order valence-electron chi connectivity index (χ2n) is 8.37. The van der Waals surface area contributed by atoms with Crippen LogP contribution in [0.1, 0.15) is 38.8 Å². The lowest BCUT2D eigenvalue weighted by atomic mass is 9.94. The van der Waals surface area contributed by atoms with Crippen molar-refractivity contribution >= 4 is 17.6 Å². The fraction of sp³-hybridized carbons (Fsp3) is 0.385. The molecule has 3 rings (SSSR count). The van der Waals surface area contributed by atoms with E-state index in [1.165, 1.54) is 4.31 Å². The Labute approximate surface area is 208 Å². The van der Waals surface area contributed by atoms with Gasteiger partial charge in [0, 0.05) is 18.7 Å². The molecule has 0 radical (unpaired) electrons. The summed E-state index contributed by atoms with van der Waals surface area (Å²) < 4.78 is 53.5. The molecule has 1 saturated heterocycles. The van der Waals surface area contributed by atoms with Gasteiger partial charge in [-0.2, -0.15) is 4.31 Å². The molecule has 0 amide bonds. The van der Waals surface area contributed by atoms with Crippen LogP contribution in [0.15, 0.2) is 82.3 Å². The van der Waals surface area contributed by atoms with E-state index in [0.717, 1.165) is 11.1 Å². The van der Waals surface area contributed by atoms with Gasteiger partial charge in [-0.1, -0.05) is 54.1 Å². The van der Waals surface area contributed by atoms with E-state index in [-0.39, 0.29) is 31.2 Å². The minimum absolute atomic E-state index is 0.0229. The van der Waals surface area contributed by atoms with Gasteiger partial charge in [-0.3, -0.25) is 4.57 Å². The number of allylic oxidation sites excluding steroid dienone is 1. The third-order valence-electron chi connectivity index (χ3n) is 6.22. The fourth-order valence-electron chi connectivity index (χ4n) is 4.30. The van der Waals surface area contributed by atoms with Gasteiger partial charge in [0.1, 0.15) is 0 Å². The molecule has 0 aromatic heterocycles. The third kappa shape index (κ3) is 5.10. The molecule has 1 heterocycles. The minimum atomic E-state index is -4.13. The zero-order valence-corrected chi connectivity index (χ0v) is 22.6. The lowest BCUT2D eigenvalue weighted by Crippen LogP contribution is -2.32. The number of aryl methyl sites for hydroxylation is 1. The fourth-order valence-corrected chi connectivity index (χ4v) is 7.82. The summed E-state index contributed by atoms with van der Waals surface area (Å²) in [6.07, 6.45) is 1.82. The van der Waals surface area contributed by atoms with Gasteiger partial charge >= 0.3 is 7.60 Å². The van der Waals surface area contributed by atoms with Crippen molar-refractivity contribution < 1.29 is 27.1 Å². The zero-order valence-electron chi connectivity index (χ0n) is 20.9. The molecule has 7 nitrogen and oxygen atoms in total. The lowest BCUT2D eigenvalue weighted by molar-refractivity contribution is 0.0923. The number of sulfonamides is 1. The summed E-state index contributed by atoms with van der Waals surface area (Å²) in [5, 5.41) is 10.1. The Morgan fingerprint density at radius 1 is 1.06 bits per heavy atom. The molecule has 1 N–H and O–H groups in total. The molecule has 0 bridgehead atoms. The topological polar surface area (TPSA) is 93.1 Å². The molecule has 2 aromatic rings. The van der Waals surface area contributed by atoms with E-state index in [1.54, 1.807) is 75.4 Å². The first-order chi connectivity index (χ1) is 16.5. The van der Waals surface area contributed by atoms with Gasteiger partial charge in [-0.25, -0.2) is 8.42 Å². The Balaban J connectivity index is 2.18. The number of benzene rings is 2. The smallest absolute Gasteiger partial charge is 0.370 e. The lowest BCUT2D eigenvalue weighted by Gasteiger charge is -2.36. The maximum atomic E-state index is 14.1. The van der Waals surface area contributed by atoms with Crippen LogP contribution in [0.25, 0.3) is 0 Å². The molecular weight excluding hydrogens is 485 g/mol. The van der Waals surface area contributed by atoms with Gasteiger partial charge in [-0.05, 0) is 63.5 Å². The Morgan fingerprint density at radius 3 is 2.14 bits per heavy atom. The van der Waals surface area contributed by atoms with Crippen molar-refractivity contribution in [3.05, 3.63) is 88.5 Å². The van der Waals surface area contributed by atoms with Crippen LogP contribution in [0, 0.1) is 6.92 Å². The van der Waals surface area contributed by atoms with Gasteiger partial charge in [0.2, 0.25) is 15.4 Å². The van der Waals surface area contributed by atoms with E-state index in [2.05, 4.69) is 0 Å². The highest BCUT2D eigenvalue weighted by molar-refractivity contribution is 7.89. The summed E-state index contributed by atoms with van der Waals surface area (Å²) in [5.41, 5.74) is 2.97. The molecule has 1 unspecified atom stereocenters. The molecule has 190 valence electrons. The van der Waals surface area contributed by atoms with Crippen LogP contribution in [0.2, 0.25) is 0 Å².